The van der Waals surface area contributed by atoms with Crippen molar-refractivity contribution in [1.82, 2.24) is 0 Å². The van der Waals surface area contributed by atoms with Gasteiger partial charge >= 0.3 is 0 Å². The summed E-state index contributed by atoms with van der Waals surface area (Å²) >= 11 is 0. The molecule has 0 amide bonds. The maximum absolute atomic E-state index is 11.7. The highest BCUT2D eigenvalue weighted by Crippen LogP contribution is 2.61. The first kappa shape index (κ1) is 16.5. The molecule has 4 unspecified atom stereocenters. The van der Waals surface area contributed by atoms with Gasteiger partial charge in [0.1, 0.15) is 0 Å². The lowest BCUT2D eigenvalue weighted by molar-refractivity contribution is -0.116. The zero-order chi connectivity index (χ0) is 16.6. The van der Waals surface area contributed by atoms with Gasteiger partial charge in [-0.15, -0.1) is 12.8 Å². The van der Waals surface area contributed by atoms with E-state index >= 15 is 0 Å². The molecule has 2 heteroatoms. The van der Waals surface area contributed by atoms with Crippen LogP contribution in [0, 0.1) is 41.9 Å². The number of hydrogen-bond acceptors (Lipinski definition) is 2. The van der Waals surface area contributed by atoms with E-state index in [1.165, 1.54) is 18.4 Å². The minimum atomic E-state index is -0.238. The molecular weight excluding hydrogens is 284 g/mol. The predicted molar refractivity (Wildman–Crippen MR) is 92.5 cm³/mol. The summed E-state index contributed by atoms with van der Waals surface area (Å²) in [5.74, 6) is 3.03. The summed E-state index contributed by atoms with van der Waals surface area (Å²) in [5, 5.41) is 10.5. The maximum Gasteiger partial charge on any atom is 0.155 e. The molecule has 0 radical (unpaired) electrons. The molecule has 0 bridgehead atoms. The first-order valence-electron chi connectivity index (χ1n) is 9.09. The zero-order valence-electron chi connectivity index (χ0n) is 14.1. The molecule has 0 aromatic carbocycles. The summed E-state index contributed by atoms with van der Waals surface area (Å²) in [5.41, 5.74) is 1.56. The van der Waals surface area contributed by atoms with Crippen molar-refractivity contribution in [3.05, 3.63) is 23.8 Å². The molecule has 23 heavy (non-hydrogen) atoms. The normalized spacial score (nSPS) is 44.3. The summed E-state index contributed by atoms with van der Waals surface area (Å²) in [7, 11) is 0. The van der Waals surface area contributed by atoms with E-state index in [9.17, 15) is 9.90 Å². The van der Waals surface area contributed by atoms with Crippen molar-refractivity contribution in [2.75, 3.05) is 0 Å². The van der Waals surface area contributed by atoms with Gasteiger partial charge in [0.2, 0.25) is 0 Å². The average Bonchev–Trinajstić information content (AvgIpc) is 2.93. The molecule has 0 saturated heterocycles. The lowest BCUT2D eigenvalue weighted by Gasteiger charge is -2.54. The number of fused-ring (bicyclic) bond motifs is 5. The molecule has 6 atom stereocenters. The van der Waals surface area contributed by atoms with E-state index in [2.05, 4.69) is 31.9 Å². The van der Waals surface area contributed by atoms with Crippen LogP contribution in [0.3, 0.4) is 0 Å². The van der Waals surface area contributed by atoms with Gasteiger partial charge in [0.15, 0.2) is 5.78 Å². The van der Waals surface area contributed by atoms with Crippen LogP contribution in [-0.4, -0.2) is 17.0 Å². The molecule has 2 saturated carbocycles. The van der Waals surface area contributed by atoms with Gasteiger partial charge < -0.3 is 5.11 Å². The molecule has 1 N–H and O–H groups in total. The van der Waals surface area contributed by atoms with Gasteiger partial charge in [-0.25, -0.2) is 0 Å². The van der Waals surface area contributed by atoms with Crippen molar-refractivity contribution in [2.45, 2.75) is 58.0 Å². The van der Waals surface area contributed by atoms with Crippen LogP contribution in [-0.2, 0) is 4.79 Å². The molecule has 4 aliphatic rings. The van der Waals surface area contributed by atoms with Crippen LogP contribution in [0.25, 0.3) is 0 Å². The van der Waals surface area contributed by atoms with E-state index in [4.69, 9.17) is 0 Å². The van der Waals surface area contributed by atoms with Crippen LogP contribution >= 0.6 is 0 Å². The fraction of sp³-hybridized carbons (Fsp3) is 0.667. The highest BCUT2D eigenvalue weighted by molar-refractivity contribution is 5.91. The van der Waals surface area contributed by atoms with Crippen molar-refractivity contribution < 1.29 is 9.90 Å². The summed E-state index contributed by atoms with van der Waals surface area (Å²) in [6.45, 7) is 2.25. The van der Waals surface area contributed by atoms with Crippen molar-refractivity contribution in [3.8, 4) is 12.8 Å². The standard InChI is InChI=1S/C19H26O2.C2H2/c1-2-19-10-9-15-14-6-4-13(20)11-12(14)3-5-16(15)17(19)7-8-18(19)21;1-2/h7-8,11,14-18,21H,2-6,9-10H2,1H3;1-2H/t14?,15?,16?,17?,18-,19-;/m0./s1. The van der Waals surface area contributed by atoms with Gasteiger partial charge in [-0.05, 0) is 68.3 Å². The van der Waals surface area contributed by atoms with E-state index < -0.39 is 0 Å². The number of ketones is 1. The number of carbonyl (C=O) groups excluding carboxylic acids is 1. The Labute approximate surface area is 140 Å². The second-order valence-corrected chi connectivity index (χ2v) is 7.68. The summed E-state index contributed by atoms with van der Waals surface area (Å²) < 4.78 is 0. The van der Waals surface area contributed by atoms with Crippen molar-refractivity contribution >= 4 is 5.78 Å². The number of hydrogen-bond donors (Lipinski definition) is 1. The largest absolute Gasteiger partial charge is 0.388 e. The first-order chi connectivity index (χ1) is 11.2. The fourth-order valence-electron chi connectivity index (χ4n) is 6.07. The molecular formula is C21H28O2. The number of rotatable bonds is 1. The quantitative estimate of drug-likeness (QED) is 0.589. The second-order valence-electron chi connectivity index (χ2n) is 7.68. The van der Waals surface area contributed by atoms with Crippen LogP contribution in [0.15, 0.2) is 23.8 Å². The lowest BCUT2D eigenvalue weighted by Crippen LogP contribution is -2.49. The molecule has 0 aromatic rings. The van der Waals surface area contributed by atoms with Crippen LogP contribution in [0.1, 0.15) is 51.9 Å². The van der Waals surface area contributed by atoms with Crippen molar-refractivity contribution in [1.29, 1.82) is 0 Å². The van der Waals surface area contributed by atoms with Gasteiger partial charge in [0.25, 0.3) is 0 Å². The Balaban J connectivity index is 0.000000753. The van der Waals surface area contributed by atoms with Crippen LogP contribution in [0.2, 0.25) is 0 Å². The van der Waals surface area contributed by atoms with Crippen molar-refractivity contribution in [3.63, 3.8) is 0 Å². The molecule has 0 spiro atoms. The molecule has 4 rings (SSSR count). The Morgan fingerprint density at radius 3 is 2.70 bits per heavy atom. The summed E-state index contributed by atoms with van der Waals surface area (Å²) in [4.78, 5) is 11.7. The highest BCUT2D eigenvalue weighted by Gasteiger charge is 2.55. The summed E-state index contributed by atoms with van der Waals surface area (Å²) in [6.07, 6.45) is 21.7. The number of aliphatic hydroxyl groups is 1. The van der Waals surface area contributed by atoms with E-state index in [1.807, 2.05) is 6.08 Å². The molecule has 0 aliphatic heterocycles. The Bertz CT molecular complexity index is 555. The van der Waals surface area contributed by atoms with Gasteiger partial charge in [-0.3, -0.25) is 4.79 Å². The van der Waals surface area contributed by atoms with Gasteiger partial charge in [0.05, 0.1) is 6.10 Å². The van der Waals surface area contributed by atoms with E-state index in [0.29, 0.717) is 17.6 Å². The molecule has 124 valence electrons. The third-order valence-corrected chi connectivity index (χ3v) is 7.17. The van der Waals surface area contributed by atoms with Crippen LogP contribution in [0.4, 0.5) is 0 Å². The van der Waals surface area contributed by atoms with Gasteiger partial charge in [0, 0.05) is 11.8 Å². The van der Waals surface area contributed by atoms with Gasteiger partial charge in [-0.2, -0.15) is 0 Å². The minimum absolute atomic E-state index is 0.118. The van der Waals surface area contributed by atoms with E-state index in [0.717, 1.165) is 43.9 Å². The number of allylic oxidation sites excluding steroid dienone is 3. The monoisotopic (exact) mass is 312 g/mol. The van der Waals surface area contributed by atoms with E-state index in [-0.39, 0.29) is 11.5 Å². The Morgan fingerprint density at radius 2 is 1.96 bits per heavy atom. The summed E-state index contributed by atoms with van der Waals surface area (Å²) in [6, 6.07) is 0. The predicted octanol–water partition coefficient (Wildman–Crippen LogP) is 3.90. The average molecular weight is 312 g/mol. The zero-order valence-corrected chi connectivity index (χ0v) is 14.1. The SMILES string of the molecule is C#C.CC[C@]12CCC3C4CCC(=O)C=C4CCC3C1C=C[C@@H]2O. The molecule has 2 nitrogen and oxygen atoms in total. The third-order valence-electron chi connectivity index (χ3n) is 7.17. The van der Waals surface area contributed by atoms with Crippen LogP contribution in [0.5, 0.6) is 0 Å². The number of aliphatic hydroxyl groups excluding tert-OH is 1. The fourth-order valence-corrected chi connectivity index (χ4v) is 6.07. The Kier molecular flexibility index (Phi) is 4.52. The van der Waals surface area contributed by atoms with Crippen molar-refractivity contribution in [2.24, 2.45) is 29.1 Å². The smallest absolute Gasteiger partial charge is 0.155 e. The number of terminal acetylenes is 1. The first-order valence-corrected chi connectivity index (χ1v) is 9.09. The van der Waals surface area contributed by atoms with Crippen LogP contribution < -0.4 is 0 Å². The lowest BCUT2D eigenvalue weighted by atomic mass is 9.51. The third kappa shape index (κ3) is 2.41. The highest BCUT2D eigenvalue weighted by atomic mass is 16.3. The molecule has 0 heterocycles. The minimum Gasteiger partial charge on any atom is -0.388 e. The van der Waals surface area contributed by atoms with Gasteiger partial charge in [-0.1, -0.05) is 24.6 Å². The molecule has 2 fully saturated rings. The topological polar surface area (TPSA) is 37.3 Å². The number of carbonyl (C=O) groups is 1. The Hall–Kier alpha value is -1.33. The maximum atomic E-state index is 11.7. The Morgan fingerprint density at radius 1 is 1.17 bits per heavy atom. The molecule has 4 aliphatic carbocycles. The molecule has 0 aromatic heterocycles. The second kappa shape index (κ2) is 6.29. The van der Waals surface area contributed by atoms with E-state index in [1.54, 1.807) is 0 Å².